The van der Waals surface area contributed by atoms with Crippen molar-refractivity contribution in [3.05, 3.63) is 35.4 Å². The van der Waals surface area contributed by atoms with Gasteiger partial charge < -0.3 is 5.32 Å². The van der Waals surface area contributed by atoms with E-state index < -0.39 is 5.92 Å². The summed E-state index contributed by atoms with van der Waals surface area (Å²) < 4.78 is 26.1. The molecule has 1 aromatic rings. The van der Waals surface area contributed by atoms with E-state index in [1.165, 1.54) is 0 Å². The fourth-order valence-corrected chi connectivity index (χ4v) is 2.62. The van der Waals surface area contributed by atoms with Crippen molar-refractivity contribution < 1.29 is 13.6 Å². The van der Waals surface area contributed by atoms with E-state index in [9.17, 15) is 13.6 Å². The minimum atomic E-state index is -2.59. The highest BCUT2D eigenvalue weighted by molar-refractivity contribution is 6.17. The van der Waals surface area contributed by atoms with Crippen molar-refractivity contribution >= 4 is 17.5 Å². The first kappa shape index (κ1) is 15.2. The first-order chi connectivity index (χ1) is 9.50. The molecule has 1 fully saturated rings. The molecule has 1 N–H and O–H groups in total. The number of alkyl halides is 3. The molecule has 0 aromatic heterocycles. The molecule has 1 saturated carbocycles. The molecule has 0 radical (unpaired) electrons. The highest BCUT2D eigenvalue weighted by atomic mass is 35.5. The molecule has 1 amide bonds. The number of carbonyl (C=O) groups excluding carboxylic acids is 1. The van der Waals surface area contributed by atoms with Gasteiger partial charge in [0, 0.05) is 31.2 Å². The van der Waals surface area contributed by atoms with Crippen LogP contribution >= 0.6 is 11.6 Å². The second-order valence-electron chi connectivity index (χ2n) is 5.30. The van der Waals surface area contributed by atoms with E-state index in [-0.39, 0.29) is 37.5 Å². The third kappa shape index (κ3) is 4.17. The van der Waals surface area contributed by atoms with Crippen LogP contribution in [0.25, 0.3) is 0 Å². The summed E-state index contributed by atoms with van der Waals surface area (Å²) in [7, 11) is 0. The highest BCUT2D eigenvalue weighted by Gasteiger charge is 2.37. The standard InChI is InChI=1S/C15H18ClF2NO/c16-9-11-2-1-3-12(8-11)10-19-14(20)13-4-6-15(17,18)7-5-13/h1-3,8,13H,4-7,9-10H2,(H,19,20). The smallest absolute Gasteiger partial charge is 0.248 e. The Morgan fingerprint density at radius 2 is 1.95 bits per heavy atom. The quantitative estimate of drug-likeness (QED) is 0.841. The fraction of sp³-hybridized carbons (Fsp3) is 0.533. The lowest BCUT2D eigenvalue weighted by Gasteiger charge is -2.27. The van der Waals surface area contributed by atoms with E-state index in [4.69, 9.17) is 11.6 Å². The predicted octanol–water partition coefficient (Wildman–Crippen LogP) is 3.87. The molecule has 1 aliphatic rings. The maximum Gasteiger partial charge on any atom is 0.248 e. The molecule has 110 valence electrons. The summed E-state index contributed by atoms with van der Waals surface area (Å²) in [5.74, 6) is -2.58. The molecule has 5 heteroatoms. The van der Waals surface area contributed by atoms with Crippen molar-refractivity contribution in [2.45, 2.75) is 44.0 Å². The van der Waals surface area contributed by atoms with Crippen LogP contribution in [0.4, 0.5) is 8.78 Å². The SMILES string of the molecule is O=C(NCc1cccc(CCl)c1)C1CCC(F)(F)CC1. The number of amides is 1. The van der Waals surface area contributed by atoms with Crippen LogP contribution in [-0.4, -0.2) is 11.8 Å². The van der Waals surface area contributed by atoms with Gasteiger partial charge in [-0.1, -0.05) is 24.3 Å². The zero-order valence-electron chi connectivity index (χ0n) is 11.2. The molecule has 0 bridgehead atoms. The van der Waals surface area contributed by atoms with Gasteiger partial charge in [-0.05, 0) is 24.0 Å². The Bertz CT molecular complexity index is 469. The Hall–Kier alpha value is -1.16. The summed E-state index contributed by atoms with van der Waals surface area (Å²) in [6.45, 7) is 0.413. The summed E-state index contributed by atoms with van der Waals surface area (Å²) in [4.78, 5) is 12.0. The Labute approximate surface area is 122 Å². The number of hydrogen-bond acceptors (Lipinski definition) is 1. The molecule has 2 rings (SSSR count). The monoisotopic (exact) mass is 301 g/mol. The molecule has 0 unspecified atom stereocenters. The van der Waals surface area contributed by atoms with Crippen molar-refractivity contribution in [1.29, 1.82) is 0 Å². The van der Waals surface area contributed by atoms with E-state index in [0.717, 1.165) is 11.1 Å². The number of carbonyl (C=O) groups is 1. The molecule has 0 aliphatic heterocycles. The average molecular weight is 302 g/mol. The van der Waals surface area contributed by atoms with Crippen LogP contribution in [0.3, 0.4) is 0 Å². The van der Waals surface area contributed by atoms with Gasteiger partial charge in [-0.2, -0.15) is 0 Å². The number of benzene rings is 1. The molecule has 1 aromatic carbocycles. The van der Waals surface area contributed by atoms with Crippen LogP contribution in [0.15, 0.2) is 24.3 Å². The Morgan fingerprint density at radius 1 is 1.30 bits per heavy atom. The molecular weight excluding hydrogens is 284 g/mol. The predicted molar refractivity (Wildman–Crippen MR) is 74.8 cm³/mol. The van der Waals surface area contributed by atoms with Gasteiger partial charge in [0.1, 0.15) is 0 Å². The zero-order valence-corrected chi connectivity index (χ0v) is 11.9. The summed E-state index contributed by atoms with van der Waals surface area (Å²) in [6, 6.07) is 7.65. The van der Waals surface area contributed by atoms with Gasteiger partial charge in [-0.3, -0.25) is 4.79 Å². The van der Waals surface area contributed by atoms with Crippen LogP contribution in [0.5, 0.6) is 0 Å². The highest BCUT2D eigenvalue weighted by Crippen LogP contribution is 2.36. The second kappa shape index (κ2) is 6.53. The topological polar surface area (TPSA) is 29.1 Å². The lowest BCUT2D eigenvalue weighted by molar-refractivity contribution is -0.129. The van der Waals surface area contributed by atoms with Gasteiger partial charge in [0.05, 0.1) is 0 Å². The van der Waals surface area contributed by atoms with E-state index in [1.54, 1.807) is 0 Å². The maximum absolute atomic E-state index is 13.0. The minimum Gasteiger partial charge on any atom is -0.352 e. The van der Waals surface area contributed by atoms with Crippen molar-refractivity contribution in [3.63, 3.8) is 0 Å². The van der Waals surface area contributed by atoms with Crippen molar-refractivity contribution in [2.75, 3.05) is 0 Å². The summed E-state index contributed by atoms with van der Waals surface area (Å²) in [5.41, 5.74) is 1.97. The van der Waals surface area contributed by atoms with Crippen LogP contribution < -0.4 is 5.32 Å². The molecule has 2 nitrogen and oxygen atoms in total. The molecule has 20 heavy (non-hydrogen) atoms. The molecular formula is C15H18ClF2NO. The summed E-state index contributed by atoms with van der Waals surface area (Å²) in [5, 5.41) is 2.82. The van der Waals surface area contributed by atoms with Crippen molar-refractivity contribution in [3.8, 4) is 0 Å². The van der Waals surface area contributed by atoms with E-state index in [0.29, 0.717) is 12.4 Å². The van der Waals surface area contributed by atoms with Crippen molar-refractivity contribution in [1.82, 2.24) is 5.32 Å². The number of hydrogen-bond donors (Lipinski definition) is 1. The van der Waals surface area contributed by atoms with Crippen LogP contribution in [0.2, 0.25) is 0 Å². The fourth-order valence-electron chi connectivity index (χ4n) is 2.46. The largest absolute Gasteiger partial charge is 0.352 e. The number of rotatable bonds is 4. The first-order valence-corrected chi connectivity index (χ1v) is 7.33. The van der Waals surface area contributed by atoms with Crippen molar-refractivity contribution in [2.24, 2.45) is 5.92 Å². The van der Waals surface area contributed by atoms with E-state index in [1.807, 2.05) is 24.3 Å². The molecule has 0 atom stereocenters. The summed E-state index contributed by atoms with van der Waals surface area (Å²) >= 11 is 5.75. The van der Waals surface area contributed by atoms with E-state index in [2.05, 4.69) is 5.32 Å². The molecule has 1 aliphatic carbocycles. The number of nitrogens with one attached hydrogen (secondary N) is 1. The Morgan fingerprint density at radius 3 is 2.60 bits per heavy atom. The normalized spacial score (nSPS) is 18.8. The zero-order chi connectivity index (χ0) is 14.6. The number of halogens is 3. The van der Waals surface area contributed by atoms with Gasteiger partial charge in [0.15, 0.2) is 0 Å². The van der Waals surface area contributed by atoms with E-state index >= 15 is 0 Å². The van der Waals surface area contributed by atoms with Gasteiger partial charge in [0.2, 0.25) is 11.8 Å². The lowest BCUT2D eigenvalue weighted by atomic mass is 9.86. The van der Waals surface area contributed by atoms with Crippen LogP contribution in [0, 0.1) is 5.92 Å². The van der Waals surface area contributed by atoms with Crippen LogP contribution in [-0.2, 0) is 17.2 Å². The van der Waals surface area contributed by atoms with Gasteiger partial charge in [-0.15, -0.1) is 11.6 Å². The lowest BCUT2D eigenvalue weighted by Crippen LogP contribution is -2.35. The van der Waals surface area contributed by atoms with Crippen LogP contribution in [0.1, 0.15) is 36.8 Å². The summed E-state index contributed by atoms with van der Waals surface area (Å²) in [6.07, 6.45) is 0.154. The maximum atomic E-state index is 13.0. The van der Waals surface area contributed by atoms with Gasteiger partial charge >= 0.3 is 0 Å². The first-order valence-electron chi connectivity index (χ1n) is 6.79. The molecule has 0 heterocycles. The average Bonchev–Trinajstić information content (AvgIpc) is 2.45. The molecule has 0 saturated heterocycles. The second-order valence-corrected chi connectivity index (χ2v) is 5.57. The third-order valence-corrected chi connectivity index (χ3v) is 4.01. The van der Waals surface area contributed by atoms with Gasteiger partial charge in [-0.25, -0.2) is 8.78 Å². The molecule has 0 spiro atoms. The van der Waals surface area contributed by atoms with Gasteiger partial charge in [0.25, 0.3) is 0 Å². The Balaban J connectivity index is 1.83. The Kier molecular flexibility index (Phi) is 4.97. The third-order valence-electron chi connectivity index (χ3n) is 3.70. The minimum absolute atomic E-state index is 0.128.